The lowest BCUT2D eigenvalue weighted by molar-refractivity contribution is -0.299. The van der Waals surface area contributed by atoms with E-state index in [4.69, 9.17) is 9.57 Å². The molecular weight excluding hydrogens is 266 g/mol. The minimum absolute atomic E-state index is 0.0732. The number of hydroxylamine groups is 2. The van der Waals surface area contributed by atoms with E-state index in [1.54, 1.807) is 6.92 Å². The van der Waals surface area contributed by atoms with Crippen LogP contribution < -0.4 is 0 Å². The van der Waals surface area contributed by atoms with Crippen molar-refractivity contribution in [2.75, 3.05) is 6.61 Å². The van der Waals surface area contributed by atoms with Crippen molar-refractivity contribution in [3.8, 4) is 0 Å². The van der Waals surface area contributed by atoms with Crippen LogP contribution in [0.1, 0.15) is 67.7 Å². The molecule has 0 aromatic carbocycles. The smallest absolute Gasteiger partial charge is 0.337 e. The predicted octanol–water partition coefficient (Wildman–Crippen LogP) is 3.86. The molecule has 0 aliphatic carbocycles. The van der Waals surface area contributed by atoms with Crippen LogP contribution in [0.4, 0.5) is 0 Å². The van der Waals surface area contributed by atoms with Gasteiger partial charge in [0, 0.05) is 11.1 Å². The minimum atomic E-state index is -0.591. The molecule has 4 nitrogen and oxygen atoms in total. The summed E-state index contributed by atoms with van der Waals surface area (Å²) in [6.45, 7) is 14.7. The van der Waals surface area contributed by atoms with Crippen LogP contribution in [0.15, 0.2) is 11.6 Å². The molecule has 0 aromatic heterocycles. The van der Waals surface area contributed by atoms with Gasteiger partial charge < -0.3 is 4.74 Å². The van der Waals surface area contributed by atoms with Gasteiger partial charge in [-0.25, -0.2) is 4.79 Å². The van der Waals surface area contributed by atoms with Crippen molar-refractivity contribution in [2.45, 2.75) is 84.9 Å². The Morgan fingerprint density at radius 1 is 1.19 bits per heavy atom. The van der Waals surface area contributed by atoms with Gasteiger partial charge in [0.25, 0.3) is 0 Å². The Balaban J connectivity index is 2.64. The third-order valence-electron chi connectivity index (χ3n) is 3.99. The second-order valence-corrected chi connectivity index (χ2v) is 7.43. The zero-order valence-corrected chi connectivity index (χ0v) is 14.7. The van der Waals surface area contributed by atoms with Gasteiger partial charge in [0.15, 0.2) is 6.10 Å². The first kappa shape index (κ1) is 18.2. The number of allylic oxidation sites excluding steroid dienone is 1. The van der Waals surface area contributed by atoms with Gasteiger partial charge in [-0.3, -0.25) is 4.84 Å². The number of carbonyl (C=O) groups is 1. The van der Waals surface area contributed by atoms with Crippen LogP contribution in [-0.4, -0.2) is 34.8 Å². The standard InChI is InChI=1S/C17H31NO3/c1-13(2)9-12-20-15(19)14(3)21-18-16(4,5)10-8-11-17(18,6)7/h9,14H,8,10-12H2,1-7H3. The van der Waals surface area contributed by atoms with Gasteiger partial charge in [-0.05, 0) is 73.8 Å². The summed E-state index contributed by atoms with van der Waals surface area (Å²) in [6, 6.07) is 0. The van der Waals surface area contributed by atoms with Crippen LogP contribution in [-0.2, 0) is 14.4 Å². The van der Waals surface area contributed by atoms with Crippen molar-refractivity contribution >= 4 is 5.97 Å². The van der Waals surface area contributed by atoms with Crippen LogP contribution >= 0.6 is 0 Å². The van der Waals surface area contributed by atoms with Gasteiger partial charge in [0.05, 0.1) is 0 Å². The van der Waals surface area contributed by atoms with E-state index >= 15 is 0 Å². The predicted molar refractivity (Wildman–Crippen MR) is 84.8 cm³/mol. The monoisotopic (exact) mass is 297 g/mol. The fourth-order valence-electron chi connectivity index (χ4n) is 2.87. The largest absolute Gasteiger partial charge is 0.459 e. The molecule has 1 aliphatic heterocycles. The first-order chi connectivity index (χ1) is 9.56. The second-order valence-electron chi connectivity index (χ2n) is 7.43. The highest BCUT2D eigenvalue weighted by atomic mass is 16.7. The summed E-state index contributed by atoms with van der Waals surface area (Å²) in [5.74, 6) is -0.315. The molecule has 1 aliphatic rings. The summed E-state index contributed by atoms with van der Waals surface area (Å²) in [4.78, 5) is 18.0. The normalized spacial score (nSPS) is 22.4. The van der Waals surface area contributed by atoms with E-state index in [0.717, 1.165) is 18.4 Å². The molecular formula is C17H31NO3. The van der Waals surface area contributed by atoms with Crippen LogP contribution in [0.2, 0.25) is 0 Å². The van der Waals surface area contributed by atoms with Gasteiger partial charge in [-0.2, -0.15) is 5.06 Å². The van der Waals surface area contributed by atoms with Crippen molar-refractivity contribution in [1.82, 2.24) is 5.06 Å². The Kier molecular flexibility index (Phi) is 6.00. The Bertz CT molecular complexity index is 379. The topological polar surface area (TPSA) is 38.8 Å². The van der Waals surface area contributed by atoms with E-state index in [2.05, 4.69) is 27.7 Å². The fourth-order valence-corrected chi connectivity index (χ4v) is 2.87. The first-order valence-corrected chi connectivity index (χ1v) is 7.83. The number of carbonyl (C=O) groups excluding carboxylic acids is 1. The highest BCUT2D eigenvalue weighted by Gasteiger charge is 2.44. The van der Waals surface area contributed by atoms with E-state index < -0.39 is 6.10 Å². The van der Waals surface area contributed by atoms with Gasteiger partial charge >= 0.3 is 5.97 Å². The zero-order chi connectivity index (χ0) is 16.3. The molecule has 1 unspecified atom stereocenters. The van der Waals surface area contributed by atoms with Crippen molar-refractivity contribution in [1.29, 1.82) is 0 Å². The Morgan fingerprint density at radius 2 is 1.71 bits per heavy atom. The molecule has 122 valence electrons. The van der Waals surface area contributed by atoms with E-state index in [-0.39, 0.29) is 17.0 Å². The molecule has 0 saturated carbocycles. The highest BCUT2D eigenvalue weighted by molar-refractivity contribution is 5.74. The second kappa shape index (κ2) is 6.93. The summed E-state index contributed by atoms with van der Waals surface area (Å²) in [5, 5.41) is 2.00. The number of rotatable bonds is 5. The summed E-state index contributed by atoms with van der Waals surface area (Å²) >= 11 is 0. The maximum absolute atomic E-state index is 12.0. The molecule has 0 spiro atoms. The Morgan fingerprint density at radius 3 is 2.19 bits per heavy atom. The maximum atomic E-state index is 12.0. The molecule has 1 fully saturated rings. The molecule has 1 atom stereocenters. The highest BCUT2D eigenvalue weighted by Crippen LogP contribution is 2.38. The average Bonchev–Trinajstić information content (AvgIpc) is 2.32. The van der Waals surface area contributed by atoms with E-state index in [1.165, 1.54) is 6.42 Å². The van der Waals surface area contributed by atoms with E-state index in [9.17, 15) is 4.79 Å². The number of ether oxygens (including phenoxy) is 1. The molecule has 1 heterocycles. The molecule has 4 heteroatoms. The maximum Gasteiger partial charge on any atom is 0.337 e. The SMILES string of the molecule is CC(C)=CCOC(=O)C(C)ON1C(C)(C)CCCC1(C)C. The van der Waals surface area contributed by atoms with Crippen LogP contribution in [0.5, 0.6) is 0 Å². The van der Waals surface area contributed by atoms with Crippen LogP contribution in [0.25, 0.3) is 0 Å². The van der Waals surface area contributed by atoms with Crippen molar-refractivity contribution in [3.63, 3.8) is 0 Å². The van der Waals surface area contributed by atoms with Gasteiger partial charge in [-0.15, -0.1) is 0 Å². The number of nitrogens with zero attached hydrogens (tertiary/aromatic N) is 1. The minimum Gasteiger partial charge on any atom is -0.459 e. The quantitative estimate of drug-likeness (QED) is 0.570. The number of hydrogen-bond donors (Lipinski definition) is 0. The summed E-state index contributed by atoms with van der Waals surface area (Å²) < 4.78 is 5.23. The van der Waals surface area contributed by atoms with Gasteiger partial charge in [0.2, 0.25) is 0 Å². The summed E-state index contributed by atoms with van der Waals surface area (Å²) in [5.41, 5.74) is 0.988. The number of piperidine rings is 1. The lowest BCUT2D eigenvalue weighted by Crippen LogP contribution is -2.59. The van der Waals surface area contributed by atoms with E-state index in [1.807, 2.05) is 25.0 Å². The molecule has 0 amide bonds. The summed E-state index contributed by atoms with van der Waals surface area (Å²) in [7, 11) is 0. The Hall–Kier alpha value is -0.870. The van der Waals surface area contributed by atoms with Crippen molar-refractivity contribution < 1.29 is 14.4 Å². The lowest BCUT2D eigenvalue weighted by Gasteiger charge is -2.51. The van der Waals surface area contributed by atoms with Crippen LogP contribution in [0, 0.1) is 0 Å². The van der Waals surface area contributed by atoms with Crippen LogP contribution in [0.3, 0.4) is 0 Å². The fraction of sp³-hybridized carbons (Fsp3) is 0.824. The Labute approximate surface area is 129 Å². The van der Waals surface area contributed by atoms with Crippen molar-refractivity contribution in [3.05, 3.63) is 11.6 Å². The molecule has 0 bridgehead atoms. The molecule has 0 N–H and O–H groups in total. The number of esters is 1. The first-order valence-electron chi connectivity index (χ1n) is 7.83. The van der Waals surface area contributed by atoms with Crippen molar-refractivity contribution in [2.24, 2.45) is 0 Å². The third-order valence-corrected chi connectivity index (χ3v) is 3.99. The molecule has 0 radical (unpaired) electrons. The number of hydrogen-bond acceptors (Lipinski definition) is 4. The van der Waals surface area contributed by atoms with Gasteiger partial charge in [0.1, 0.15) is 6.61 Å². The van der Waals surface area contributed by atoms with Gasteiger partial charge in [-0.1, -0.05) is 5.57 Å². The molecule has 0 aromatic rings. The molecule has 1 rings (SSSR count). The lowest BCUT2D eigenvalue weighted by atomic mass is 9.82. The molecule has 21 heavy (non-hydrogen) atoms. The summed E-state index contributed by atoms with van der Waals surface area (Å²) in [6.07, 6.45) is 4.61. The molecule has 1 saturated heterocycles. The average molecular weight is 297 g/mol. The third kappa shape index (κ3) is 5.11. The van der Waals surface area contributed by atoms with E-state index in [0.29, 0.717) is 6.61 Å². The zero-order valence-electron chi connectivity index (χ0n) is 14.7.